The molecule has 0 aliphatic heterocycles. The van der Waals surface area contributed by atoms with Gasteiger partial charge in [0.25, 0.3) is 0 Å². The topological polar surface area (TPSA) is 0 Å². The van der Waals surface area contributed by atoms with Gasteiger partial charge in [-0.2, -0.15) is 0 Å². The molecule has 0 aromatic rings. The van der Waals surface area contributed by atoms with Crippen LogP contribution in [0, 0.1) is 38.0 Å². The first kappa shape index (κ1) is 6.85. The van der Waals surface area contributed by atoms with Crippen LogP contribution in [0.5, 0.6) is 0 Å². The second kappa shape index (κ2) is 3.71. The van der Waals surface area contributed by atoms with E-state index in [1.54, 1.807) is 0 Å². The Bertz CT molecular complexity index is 86.2. The Morgan fingerprint density at radius 2 is 1.78 bits per heavy atom. The summed E-state index contributed by atoms with van der Waals surface area (Å²) in [7, 11) is 0. The summed E-state index contributed by atoms with van der Waals surface area (Å²) in [6.45, 7) is 2.04. The van der Waals surface area contributed by atoms with E-state index in [0.717, 1.165) is 0 Å². The van der Waals surface area contributed by atoms with Gasteiger partial charge in [0.1, 0.15) is 0 Å². The van der Waals surface area contributed by atoms with E-state index < -0.39 is 0 Å². The van der Waals surface area contributed by atoms with Crippen molar-refractivity contribution in [3.05, 3.63) is 44.3 Å². The van der Waals surface area contributed by atoms with Gasteiger partial charge < -0.3 is 0 Å². The van der Waals surface area contributed by atoms with Gasteiger partial charge in [0, 0.05) is 0 Å². The van der Waals surface area contributed by atoms with Crippen molar-refractivity contribution in [1.82, 2.24) is 0 Å². The summed E-state index contributed by atoms with van der Waals surface area (Å²) >= 11 is 0. The van der Waals surface area contributed by atoms with Gasteiger partial charge in [-0.3, -0.25) is 0 Å². The van der Waals surface area contributed by atoms with E-state index in [1.807, 2.05) is 13.3 Å². The molecule has 0 aromatic heterocycles. The first-order chi connectivity index (χ1) is 4.43. The highest BCUT2D eigenvalue weighted by molar-refractivity contribution is 5.24. The van der Waals surface area contributed by atoms with Crippen LogP contribution in [0.4, 0.5) is 0 Å². The Balaban J connectivity index is 2.23. The Labute approximate surface area is 58.0 Å². The van der Waals surface area contributed by atoms with Gasteiger partial charge in [0.05, 0.1) is 0 Å². The van der Waals surface area contributed by atoms with E-state index in [9.17, 15) is 0 Å². The van der Waals surface area contributed by atoms with Crippen LogP contribution in [0.25, 0.3) is 0 Å². The van der Waals surface area contributed by atoms with E-state index in [-0.39, 0.29) is 0 Å². The Morgan fingerprint density at radius 3 is 2.33 bits per heavy atom. The van der Waals surface area contributed by atoms with E-state index in [2.05, 4.69) is 37.8 Å². The molecule has 47 valence electrons. The Kier molecular flexibility index (Phi) is 2.82. The molecule has 0 atom stereocenters. The Hall–Kier alpha value is -0.260. The zero-order chi connectivity index (χ0) is 6.53. The molecule has 1 fully saturated rings. The molecule has 0 unspecified atom stereocenters. The van der Waals surface area contributed by atoms with Crippen molar-refractivity contribution in [2.75, 3.05) is 0 Å². The van der Waals surface area contributed by atoms with Crippen molar-refractivity contribution < 1.29 is 0 Å². The van der Waals surface area contributed by atoms with E-state index >= 15 is 0 Å². The van der Waals surface area contributed by atoms with Crippen LogP contribution in [0.15, 0.2) is 12.2 Å². The lowest BCUT2D eigenvalue weighted by molar-refractivity contribution is 0.863. The first-order valence-corrected chi connectivity index (χ1v) is 3.24. The van der Waals surface area contributed by atoms with Crippen LogP contribution >= 0.6 is 0 Å². The first-order valence-electron chi connectivity index (χ1n) is 3.24. The van der Waals surface area contributed by atoms with Crippen molar-refractivity contribution in [3.63, 3.8) is 0 Å². The minimum Gasteiger partial charge on any atom is -0.0914 e. The van der Waals surface area contributed by atoms with Gasteiger partial charge in [-0.1, -0.05) is 12.2 Å². The van der Waals surface area contributed by atoms with Gasteiger partial charge in [-0.05, 0) is 44.9 Å². The largest absolute Gasteiger partial charge is 0.0914 e. The smallest absolute Gasteiger partial charge is 0.0165 e. The van der Waals surface area contributed by atoms with Crippen molar-refractivity contribution in [3.8, 4) is 0 Å². The lowest BCUT2D eigenvalue weighted by Crippen LogP contribution is -2.05. The minimum absolute atomic E-state index is 0.528. The monoisotopic (exact) mass is 119 g/mol. The highest BCUT2D eigenvalue weighted by Crippen LogP contribution is 2.19. The van der Waals surface area contributed by atoms with Crippen molar-refractivity contribution >= 4 is 0 Å². The molecule has 1 saturated carbocycles. The van der Waals surface area contributed by atoms with Gasteiger partial charge >= 0.3 is 0 Å². The van der Waals surface area contributed by atoms with Crippen molar-refractivity contribution in [2.24, 2.45) is 5.92 Å². The molecule has 0 saturated heterocycles. The number of rotatable bonds is 1. The molecule has 1 rings (SSSR count). The highest BCUT2D eigenvalue weighted by Gasteiger charge is 2.09. The van der Waals surface area contributed by atoms with Crippen molar-refractivity contribution in [2.45, 2.75) is 6.92 Å². The average molecular weight is 119 g/mol. The summed E-state index contributed by atoms with van der Waals surface area (Å²) in [5, 5.41) is 0. The molecule has 0 N–H and O–H groups in total. The number of allylic oxidation sites excluding steroid dienone is 2. The molecule has 5 radical (unpaired) electrons. The maximum absolute atomic E-state index is 2.17. The van der Waals surface area contributed by atoms with Crippen LogP contribution in [0.3, 0.4) is 0 Å². The summed E-state index contributed by atoms with van der Waals surface area (Å²) in [4.78, 5) is 0. The van der Waals surface area contributed by atoms with Crippen LogP contribution in [0.1, 0.15) is 6.92 Å². The molecule has 9 heavy (non-hydrogen) atoms. The van der Waals surface area contributed by atoms with Crippen LogP contribution in [-0.4, -0.2) is 0 Å². The second-order valence-corrected chi connectivity index (χ2v) is 2.07. The number of hydrogen-bond acceptors (Lipinski definition) is 0. The quantitative estimate of drug-likeness (QED) is 0.464. The third kappa shape index (κ3) is 2.21. The predicted molar refractivity (Wildman–Crippen MR) is 39.8 cm³/mol. The summed E-state index contributed by atoms with van der Waals surface area (Å²) in [5.41, 5.74) is 0. The summed E-state index contributed by atoms with van der Waals surface area (Å²) < 4.78 is 0. The molecule has 0 spiro atoms. The molecular weight excluding hydrogens is 108 g/mol. The summed E-state index contributed by atoms with van der Waals surface area (Å²) in [6, 6.07) is 0. The summed E-state index contributed by atoms with van der Waals surface area (Å²) in [5.74, 6) is 0.528. The van der Waals surface area contributed by atoms with Crippen LogP contribution in [-0.2, 0) is 0 Å². The molecule has 0 nitrogen and oxygen atoms in total. The average Bonchev–Trinajstić information content (AvgIpc) is 1.91. The maximum Gasteiger partial charge on any atom is -0.0165 e. The third-order valence-electron chi connectivity index (χ3n) is 1.30. The zero-order valence-corrected chi connectivity index (χ0v) is 5.62. The van der Waals surface area contributed by atoms with E-state index in [4.69, 9.17) is 0 Å². The molecule has 0 aromatic carbocycles. The maximum atomic E-state index is 2.17. The lowest BCUT2D eigenvalue weighted by atomic mass is 9.89. The third-order valence-corrected chi connectivity index (χ3v) is 1.30. The standard InChI is InChI=1S/C9H11/c1-2-6-9-7-4-3-5-8-9/h2-9H,1H3/b6-2-. The second-order valence-electron chi connectivity index (χ2n) is 2.07. The molecule has 0 amide bonds. The lowest BCUT2D eigenvalue weighted by Gasteiger charge is -2.15. The Morgan fingerprint density at radius 1 is 1.11 bits per heavy atom. The molecule has 0 bridgehead atoms. The fraction of sp³-hybridized carbons (Fsp3) is 0.222. The van der Waals surface area contributed by atoms with Crippen LogP contribution < -0.4 is 0 Å². The molecule has 1 aliphatic rings. The highest BCUT2D eigenvalue weighted by atomic mass is 14.1. The fourth-order valence-corrected chi connectivity index (χ4v) is 0.864. The van der Waals surface area contributed by atoms with E-state index in [1.165, 1.54) is 0 Å². The summed E-state index contributed by atoms with van der Waals surface area (Å²) in [6.07, 6.45) is 14.8. The zero-order valence-electron chi connectivity index (χ0n) is 5.62. The van der Waals surface area contributed by atoms with Crippen LogP contribution in [0.2, 0.25) is 0 Å². The van der Waals surface area contributed by atoms with Gasteiger partial charge in [-0.25, -0.2) is 0 Å². The van der Waals surface area contributed by atoms with Crippen molar-refractivity contribution in [1.29, 1.82) is 0 Å². The molecule has 1 aliphatic carbocycles. The minimum atomic E-state index is 0.528. The van der Waals surface area contributed by atoms with Gasteiger partial charge in [0.15, 0.2) is 0 Å². The van der Waals surface area contributed by atoms with Gasteiger partial charge in [-0.15, -0.1) is 0 Å². The normalized spacial score (nSPS) is 23.2. The molecule has 0 heteroatoms. The fourth-order valence-electron chi connectivity index (χ4n) is 0.864. The molecule has 0 heterocycles. The molecular formula is C9H11. The SMILES string of the molecule is C/C=C\C1[CH][CH][CH][CH][CH]1. The number of hydrogen-bond donors (Lipinski definition) is 0. The predicted octanol–water partition coefficient (Wildman–Crippen LogP) is 2.21. The van der Waals surface area contributed by atoms with E-state index in [0.29, 0.717) is 5.92 Å². The van der Waals surface area contributed by atoms with Gasteiger partial charge in [0.2, 0.25) is 0 Å².